The van der Waals surface area contributed by atoms with Gasteiger partial charge < -0.3 is 5.73 Å². The molecule has 0 amide bonds. The van der Waals surface area contributed by atoms with Crippen molar-refractivity contribution in [1.29, 1.82) is 0 Å². The fourth-order valence-electron chi connectivity index (χ4n) is 0.896. The largest absolute Gasteiger partial charge is 0.322 e. The number of nitrogens with zero attached hydrogens (tertiary/aromatic N) is 2. The number of hydrogen-bond acceptors (Lipinski definition) is 3. The average Bonchev–Trinajstić information content (AvgIpc) is 2.36. The molecule has 0 spiro atoms. The number of nitrogens with two attached hydrogens (primary N) is 1. The van der Waals surface area contributed by atoms with Crippen LogP contribution >= 0.6 is 11.8 Å². The minimum atomic E-state index is 0.0752. The van der Waals surface area contributed by atoms with Crippen molar-refractivity contribution >= 4 is 11.8 Å². The lowest BCUT2D eigenvalue weighted by atomic mass is 10.3. The van der Waals surface area contributed by atoms with Crippen LogP contribution in [0.4, 0.5) is 0 Å². The molecule has 3 nitrogen and oxygen atoms in total. The van der Waals surface area contributed by atoms with Gasteiger partial charge in [-0.3, -0.25) is 4.68 Å². The highest BCUT2D eigenvalue weighted by molar-refractivity contribution is 7.98. The minimum Gasteiger partial charge on any atom is -0.322 e. The molecule has 1 aromatic heterocycles. The zero-order valence-electron chi connectivity index (χ0n) is 6.82. The van der Waals surface area contributed by atoms with E-state index < -0.39 is 0 Å². The summed E-state index contributed by atoms with van der Waals surface area (Å²) in [6.45, 7) is 0. The van der Waals surface area contributed by atoms with Crippen LogP contribution in [-0.2, 0) is 7.05 Å². The maximum atomic E-state index is 5.82. The predicted octanol–water partition coefficient (Wildman–Crippen LogP) is 0.783. The van der Waals surface area contributed by atoms with Crippen molar-refractivity contribution in [3.63, 3.8) is 0 Å². The first-order chi connectivity index (χ1) is 5.24. The van der Waals surface area contributed by atoms with E-state index >= 15 is 0 Å². The molecule has 1 atom stereocenters. The molecular weight excluding hydrogens is 158 g/mol. The zero-order chi connectivity index (χ0) is 8.27. The van der Waals surface area contributed by atoms with E-state index in [2.05, 4.69) is 5.10 Å². The molecule has 1 heterocycles. The molecule has 62 valence electrons. The molecule has 0 fully saturated rings. The van der Waals surface area contributed by atoms with Gasteiger partial charge in [0, 0.05) is 19.0 Å². The van der Waals surface area contributed by atoms with E-state index in [1.807, 2.05) is 25.6 Å². The van der Waals surface area contributed by atoms with Gasteiger partial charge in [-0.1, -0.05) is 0 Å². The maximum absolute atomic E-state index is 5.82. The molecule has 0 bridgehead atoms. The number of rotatable bonds is 3. The first-order valence-electron chi connectivity index (χ1n) is 3.48. The first-order valence-corrected chi connectivity index (χ1v) is 4.87. The van der Waals surface area contributed by atoms with Crippen LogP contribution in [0.15, 0.2) is 12.3 Å². The molecule has 1 unspecified atom stereocenters. The zero-order valence-corrected chi connectivity index (χ0v) is 7.64. The fourth-order valence-corrected chi connectivity index (χ4v) is 1.43. The van der Waals surface area contributed by atoms with Crippen molar-refractivity contribution in [3.05, 3.63) is 18.0 Å². The van der Waals surface area contributed by atoms with Crippen molar-refractivity contribution in [3.8, 4) is 0 Å². The van der Waals surface area contributed by atoms with Crippen LogP contribution in [0.1, 0.15) is 11.7 Å². The fraction of sp³-hybridized carbons (Fsp3) is 0.571. The highest BCUT2D eigenvalue weighted by Crippen LogP contribution is 2.10. The van der Waals surface area contributed by atoms with E-state index in [9.17, 15) is 0 Å². The van der Waals surface area contributed by atoms with Crippen molar-refractivity contribution in [2.24, 2.45) is 12.8 Å². The normalized spacial score (nSPS) is 13.4. The Balaban J connectivity index is 2.60. The van der Waals surface area contributed by atoms with Crippen LogP contribution in [-0.4, -0.2) is 21.8 Å². The summed E-state index contributed by atoms with van der Waals surface area (Å²) in [4.78, 5) is 0. The molecule has 1 aromatic rings. The molecule has 0 aliphatic carbocycles. The number of aryl methyl sites for hydroxylation is 1. The third-order valence-electron chi connectivity index (χ3n) is 1.46. The Kier molecular flexibility index (Phi) is 2.96. The Hall–Kier alpha value is -0.480. The summed E-state index contributed by atoms with van der Waals surface area (Å²) < 4.78 is 1.77. The Morgan fingerprint density at radius 3 is 3.00 bits per heavy atom. The third-order valence-corrected chi connectivity index (χ3v) is 2.15. The molecule has 0 saturated carbocycles. The molecule has 0 aliphatic heterocycles. The highest BCUT2D eigenvalue weighted by Gasteiger charge is 2.06. The molecule has 11 heavy (non-hydrogen) atoms. The SMILES string of the molecule is CSCC(N)c1ccn(C)n1. The van der Waals surface area contributed by atoms with Crippen LogP contribution in [0.3, 0.4) is 0 Å². The van der Waals surface area contributed by atoms with Crippen LogP contribution in [0.5, 0.6) is 0 Å². The summed E-state index contributed by atoms with van der Waals surface area (Å²) in [7, 11) is 1.90. The van der Waals surface area contributed by atoms with Gasteiger partial charge in [0.1, 0.15) is 0 Å². The van der Waals surface area contributed by atoms with Gasteiger partial charge in [0.2, 0.25) is 0 Å². The lowest BCUT2D eigenvalue weighted by Crippen LogP contribution is -2.13. The van der Waals surface area contributed by atoms with Gasteiger partial charge in [-0.05, 0) is 12.3 Å². The van der Waals surface area contributed by atoms with Crippen molar-refractivity contribution < 1.29 is 0 Å². The van der Waals surface area contributed by atoms with Crippen molar-refractivity contribution in [1.82, 2.24) is 9.78 Å². The van der Waals surface area contributed by atoms with Gasteiger partial charge >= 0.3 is 0 Å². The van der Waals surface area contributed by atoms with E-state index in [0.717, 1.165) is 11.4 Å². The van der Waals surface area contributed by atoms with Crippen molar-refractivity contribution in [2.45, 2.75) is 6.04 Å². The molecular formula is C7H13N3S. The molecule has 0 aliphatic rings. The van der Waals surface area contributed by atoms with Gasteiger partial charge in [0.25, 0.3) is 0 Å². The van der Waals surface area contributed by atoms with Crippen LogP contribution in [0, 0.1) is 0 Å². The molecule has 0 saturated heterocycles. The van der Waals surface area contributed by atoms with Crippen LogP contribution in [0.2, 0.25) is 0 Å². The van der Waals surface area contributed by atoms with E-state index in [-0.39, 0.29) is 6.04 Å². The lowest BCUT2D eigenvalue weighted by molar-refractivity contribution is 0.704. The Bertz CT molecular complexity index is 221. The number of thioether (sulfide) groups is 1. The number of hydrogen-bond donors (Lipinski definition) is 1. The summed E-state index contributed by atoms with van der Waals surface area (Å²) in [5, 5.41) is 4.21. The molecule has 1 rings (SSSR count). The number of aromatic nitrogens is 2. The Morgan fingerprint density at radius 2 is 2.55 bits per heavy atom. The summed E-state index contributed by atoms with van der Waals surface area (Å²) in [6.07, 6.45) is 3.96. The predicted molar refractivity (Wildman–Crippen MR) is 48.5 cm³/mol. The minimum absolute atomic E-state index is 0.0752. The van der Waals surface area contributed by atoms with E-state index in [1.54, 1.807) is 16.4 Å². The van der Waals surface area contributed by atoms with E-state index in [0.29, 0.717) is 0 Å². The summed E-state index contributed by atoms with van der Waals surface area (Å²) in [5.41, 5.74) is 6.80. The second-order valence-corrected chi connectivity index (χ2v) is 3.39. The topological polar surface area (TPSA) is 43.8 Å². The molecule has 4 heteroatoms. The second-order valence-electron chi connectivity index (χ2n) is 2.48. The summed E-state index contributed by atoms with van der Waals surface area (Å²) >= 11 is 1.74. The Labute approximate surface area is 71.0 Å². The standard InChI is InChI=1S/C7H13N3S/c1-10-4-3-7(9-10)6(8)5-11-2/h3-4,6H,5,8H2,1-2H3. The average molecular weight is 171 g/mol. The second kappa shape index (κ2) is 3.78. The molecule has 2 N–H and O–H groups in total. The van der Waals surface area contributed by atoms with Gasteiger partial charge in [-0.25, -0.2) is 0 Å². The van der Waals surface area contributed by atoms with Gasteiger partial charge in [-0.15, -0.1) is 0 Å². The van der Waals surface area contributed by atoms with Crippen molar-refractivity contribution in [2.75, 3.05) is 12.0 Å². The molecule has 0 aromatic carbocycles. The van der Waals surface area contributed by atoms with Gasteiger partial charge in [-0.2, -0.15) is 16.9 Å². The quantitative estimate of drug-likeness (QED) is 0.731. The van der Waals surface area contributed by atoms with Gasteiger partial charge in [0.15, 0.2) is 0 Å². The molecule has 0 radical (unpaired) electrons. The summed E-state index contributed by atoms with van der Waals surface area (Å²) in [5.74, 6) is 0.928. The highest BCUT2D eigenvalue weighted by atomic mass is 32.2. The maximum Gasteiger partial charge on any atom is 0.0800 e. The van der Waals surface area contributed by atoms with Crippen LogP contribution in [0.25, 0.3) is 0 Å². The van der Waals surface area contributed by atoms with E-state index in [1.165, 1.54) is 0 Å². The summed E-state index contributed by atoms with van der Waals surface area (Å²) in [6, 6.07) is 2.03. The smallest absolute Gasteiger partial charge is 0.0800 e. The monoisotopic (exact) mass is 171 g/mol. The third kappa shape index (κ3) is 2.24. The van der Waals surface area contributed by atoms with Crippen LogP contribution < -0.4 is 5.73 Å². The van der Waals surface area contributed by atoms with E-state index in [4.69, 9.17) is 5.73 Å². The Morgan fingerprint density at radius 1 is 1.82 bits per heavy atom. The first kappa shape index (κ1) is 8.62. The lowest BCUT2D eigenvalue weighted by Gasteiger charge is -2.04. The van der Waals surface area contributed by atoms with Gasteiger partial charge in [0.05, 0.1) is 11.7 Å².